The Kier molecular flexibility index (Phi) is 3.08. The van der Waals surface area contributed by atoms with Crippen LogP contribution >= 0.6 is 0 Å². The van der Waals surface area contributed by atoms with Gasteiger partial charge in [-0.25, -0.2) is 0 Å². The second kappa shape index (κ2) is 4.50. The molecule has 1 aliphatic rings. The van der Waals surface area contributed by atoms with Gasteiger partial charge in [0.05, 0.1) is 12.6 Å². The Labute approximate surface area is 83.9 Å². The molecule has 0 aromatic carbocycles. The van der Waals surface area contributed by atoms with Crippen molar-refractivity contribution in [2.45, 2.75) is 45.2 Å². The van der Waals surface area contributed by atoms with E-state index in [0.717, 1.165) is 31.8 Å². The van der Waals surface area contributed by atoms with Crippen molar-refractivity contribution in [3.63, 3.8) is 0 Å². The molecule has 2 rings (SSSR count). The quantitative estimate of drug-likeness (QED) is 0.775. The Morgan fingerprint density at radius 1 is 1.57 bits per heavy atom. The van der Waals surface area contributed by atoms with Gasteiger partial charge >= 0.3 is 0 Å². The lowest BCUT2D eigenvalue weighted by molar-refractivity contribution is 0.490. The Balaban J connectivity index is 1.94. The van der Waals surface area contributed by atoms with E-state index in [-0.39, 0.29) is 0 Å². The number of rotatable bonds is 4. The van der Waals surface area contributed by atoms with Crippen LogP contribution in [0.15, 0.2) is 0 Å². The van der Waals surface area contributed by atoms with E-state index in [1.54, 1.807) is 4.80 Å². The Morgan fingerprint density at radius 3 is 3.21 bits per heavy atom. The molecule has 78 valence electrons. The molecule has 1 unspecified atom stereocenters. The summed E-state index contributed by atoms with van der Waals surface area (Å²) in [5, 5.41) is 15.8. The lowest BCUT2D eigenvalue weighted by atomic mass is 10.2. The smallest absolute Gasteiger partial charge is 0.191 e. The maximum absolute atomic E-state index is 4.36. The third kappa shape index (κ3) is 2.09. The predicted molar refractivity (Wildman–Crippen MR) is 52.7 cm³/mol. The van der Waals surface area contributed by atoms with Gasteiger partial charge in [-0.15, -0.1) is 10.2 Å². The highest BCUT2D eigenvalue weighted by Crippen LogP contribution is 2.18. The molecule has 14 heavy (non-hydrogen) atoms. The Bertz CT molecular complexity index is 276. The average molecular weight is 195 g/mol. The van der Waals surface area contributed by atoms with Crippen LogP contribution in [-0.2, 0) is 6.54 Å². The number of aryl methyl sites for hydroxylation is 1. The Hall–Kier alpha value is -0.970. The highest BCUT2D eigenvalue weighted by Gasteiger charge is 2.20. The van der Waals surface area contributed by atoms with Crippen LogP contribution in [0.25, 0.3) is 0 Å². The molecule has 0 radical (unpaired) electrons. The van der Waals surface area contributed by atoms with E-state index < -0.39 is 0 Å². The van der Waals surface area contributed by atoms with Gasteiger partial charge < -0.3 is 5.32 Å². The van der Waals surface area contributed by atoms with Crippen molar-refractivity contribution in [2.75, 3.05) is 6.54 Å². The van der Waals surface area contributed by atoms with Crippen LogP contribution in [0.5, 0.6) is 0 Å². The van der Waals surface area contributed by atoms with Gasteiger partial charge in [0.1, 0.15) is 0 Å². The molecule has 0 saturated carbocycles. The molecule has 1 N–H and O–H groups in total. The molecule has 5 heteroatoms. The van der Waals surface area contributed by atoms with E-state index in [4.69, 9.17) is 0 Å². The van der Waals surface area contributed by atoms with Gasteiger partial charge in [-0.3, -0.25) is 0 Å². The van der Waals surface area contributed by atoms with Crippen LogP contribution in [0, 0.1) is 0 Å². The van der Waals surface area contributed by atoms with Gasteiger partial charge in [-0.1, -0.05) is 13.3 Å². The molecule has 1 aliphatic heterocycles. The van der Waals surface area contributed by atoms with Gasteiger partial charge in [0, 0.05) is 0 Å². The number of hydrogen-bond acceptors (Lipinski definition) is 4. The van der Waals surface area contributed by atoms with Gasteiger partial charge in [-0.05, 0) is 31.0 Å². The van der Waals surface area contributed by atoms with Crippen LogP contribution in [0.2, 0.25) is 0 Å². The number of nitrogens with one attached hydrogen (secondary N) is 1. The zero-order valence-electron chi connectivity index (χ0n) is 8.61. The first-order valence-corrected chi connectivity index (χ1v) is 5.41. The first-order valence-electron chi connectivity index (χ1n) is 5.41. The second-order valence-electron chi connectivity index (χ2n) is 3.75. The summed E-state index contributed by atoms with van der Waals surface area (Å²) in [7, 11) is 0. The number of tetrazole rings is 1. The fourth-order valence-electron chi connectivity index (χ4n) is 1.69. The van der Waals surface area contributed by atoms with E-state index in [0.29, 0.717) is 6.04 Å². The van der Waals surface area contributed by atoms with Gasteiger partial charge in [-0.2, -0.15) is 4.80 Å². The first-order chi connectivity index (χ1) is 6.90. The van der Waals surface area contributed by atoms with E-state index in [2.05, 4.69) is 27.7 Å². The lowest BCUT2D eigenvalue weighted by Gasteiger charge is -2.02. The molecule has 5 nitrogen and oxygen atoms in total. The van der Waals surface area contributed by atoms with Gasteiger partial charge in [0.25, 0.3) is 0 Å². The molecule has 2 heterocycles. The second-order valence-corrected chi connectivity index (χ2v) is 3.75. The summed E-state index contributed by atoms with van der Waals surface area (Å²) in [5.74, 6) is 0.860. The summed E-state index contributed by atoms with van der Waals surface area (Å²) in [5.41, 5.74) is 0. The van der Waals surface area contributed by atoms with Crippen LogP contribution in [0.4, 0.5) is 0 Å². The molecule has 0 aliphatic carbocycles. The molecule has 1 fully saturated rings. The molecule has 0 spiro atoms. The average Bonchev–Trinajstić information content (AvgIpc) is 2.85. The minimum atomic E-state index is 0.338. The summed E-state index contributed by atoms with van der Waals surface area (Å²) >= 11 is 0. The molecule has 0 bridgehead atoms. The van der Waals surface area contributed by atoms with Crippen molar-refractivity contribution in [1.29, 1.82) is 0 Å². The molecule has 1 aromatic rings. The highest BCUT2D eigenvalue weighted by molar-refractivity contribution is 4.92. The van der Waals surface area contributed by atoms with E-state index in [9.17, 15) is 0 Å². The largest absolute Gasteiger partial charge is 0.307 e. The van der Waals surface area contributed by atoms with E-state index in [1.165, 1.54) is 12.8 Å². The van der Waals surface area contributed by atoms with Crippen LogP contribution in [-0.4, -0.2) is 26.8 Å². The fraction of sp³-hybridized carbons (Fsp3) is 0.889. The SMILES string of the molecule is CCCCn1nnc(C2CCCN2)n1. The van der Waals surface area contributed by atoms with E-state index >= 15 is 0 Å². The minimum Gasteiger partial charge on any atom is -0.307 e. The maximum atomic E-state index is 4.36. The number of hydrogen-bond donors (Lipinski definition) is 1. The highest BCUT2D eigenvalue weighted by atomic mass is 15.6. The fourth-order valence-corrected chi connectivity index (χ4v) is 1.69. The van der Waals surface area contributed by atoms with Crippen molar-refractivity contribution in [3.05, 3.63) is 5.82 Å². The summed E-state index contributed by atoms with van der Waals surface area (Å²) in [6.07, 6.45) is 4.64. The van der Waals surface area contributed by atoms with Crippen LogP contribution in [0.3, 0.4) is 0 Å². The summed E-state index contributed by atoms with van der Waals surface area (Å²) in [6, 6.07) is 0.338. The van der Waals surface area contributed by atoms with Crippen LogP contribution < -0.4 is 5.32 Å². The number of aromatic nitrogens is 4. The minimum absolute atomic E-state index is 0.338. The molecular formula is C9H17N5. The lowest BCUT2D eigenvalue weighted by Crippen LogP contribution is -2.14. The monoisotopic (exact) mass is 195 g/mol. The number of unbranched alkanes of at least 4 members (excludes halogenated alkanes) is 1. The first kappa shape index (κ1) is 9.58. The summed E-state index contributed by atoms with van der Waals surface area (Å²) in [4.78, 5) is 1.71. The predicted octanol–water partition coefficient (Wildman–Crippen LogP) is 0.898. The zero-order chi connectivity index (χ0) is 9.80. The van der Waals surface area contributed by atoms with E-state index in [1.807, 2.05) is 0 Å². The molecule has 1 saturated heterocycles. The van der Waals surface area contributed by atoms with Gasteiger partial charge in [0.2, 0.25) is 0 Å². The zero-order valence-corrected chi connectivity index (χ0v) is 8.61. The third-order valence-electron chi connectivity index (χ3n) is 2.55. The van der Waals surface area contributed by atoms with Crippen molar-refractivity contribution < 1.29 is 0 Å². The molecular weight excluding hydrogens is 178 g/mol. The van der Waals surface area contributed by atoms with Crippen LogP contribution in [0.1, 0.15) is 44.5 Å². The standard InChI is InChI=1S/C9H17N5/c1-2-3-7-14-12-9(11-13-14)8-5-4-6-10-8/h8,10H,2-7H2,1H3. The molecule has 0 amide bonds. The number of nitrogens with zero attached hydrogens (tertiary/aromatic N) is 4. The summed E-state index contributed by atoms with van der Waals surface area (Å²) in [6.45, 7) is 4.13. The van der Waals surface area contributed by atoms with Crippen molar-refractivity contribution in [1.82, 2.24) is 25.5 Å². The van der Waals surface area contributed by atoms with Crippen molar-refractivity contribution in [3.8, 4) is 0 Å². The molecule has 1 atom stereocenters. The van der Waals surface area contributed by atoms with Crippen molar-refractivity contribution >= 4 is 0 Å². The summed E-state index contributed by atoms with van der Waals surface area (Å²) < 4.78 is 0. The maximum Gasteiger partial charge on any atom is 0.191 e. The molecule has 1 aromatic heterocycles. The van der Waals surface area contributed by atoms with Gasteiger partial charge in [0.15, 0.2) is 5.82 Å². The topological polar surface area (TPSA) is 55.6 Å². The van der Waals surface area contributed by atoms with Crippen molar-refractivity contribution in [2.24, 2.45) is 0 Å². The Morgan fingerprint density at radius 2 is 2.50 bits per heavy atom. The normalized spacial score (nSPS) is 21.6. The third-order valence-corrected chi connectivity index (χ3v) is 2.55.